The Morgan fingerprint density at radius 2 is 2.07 bits per heavy atom. The van der Waals surface area contributed by atoms with Gasteiger partial charge in [0.05, 0.1) is 11.3 Å². The molecule has 0 aliphatic rings. The van der Waals surface area contributed by atoms with Gasteiger partial charge in [-0.05, 0) is 25.5 Å². The van der Waals surface area contributed by atoms with E-state index in [4.69, 9.17) is 0 Å². The average molecular weight is 215 g/mol. The number of anilines is 1. The first kappa shape index (κ1) is 11.9. The molecule has 0 saturated carbocycles. The van der Waals surface area contributed by atoms with Gasteiger partial charge in [-0.25, -0.2) is 8.78 Å². The molecule has 0 saturated heterocycles. The maximum Gasteiger partial charge on any atom is 0.181 e. The lowest BCUT2D eigenvalue weighted by molar-refractivity contribution is 0.0696. The van der Waals surface area contributed by atoms with Crippen molar-refractivity contribution in [3.8, 4) is 0 Å². The quantitative estimate of drug-likeness (QED) is 0.809. The molecule has 1 aromatic carbocycles. The highest BCUT2D eigenvalue weighted by atomic mass is 19.2. The highest BCUT2D eigenvalue weighted by molar-refractivity contribution is 5.45. The maximum atomic E-state index is 13.2. The summed E-state index contributed by atoms with van der Waals surface area (Å²) in [6, 6.07) is 3.91. The second kappa shape index (κ2) is 4.57. The SMILES string of the molecule is CCC(C)(O)CNc1cccc(F)c1F. The summed E-state index contributed by atoms with van der Waals surface area (Å²) in [5.41, 5.74) is -0.845. The molecule has 2 N–H and O–H groups in total. The van der Waals surface area contributed by atoms with Gasteiger partial charge >= 0.3 is 0 Å². The maximum absolute atomic E-state index is 13.2. The van der Waals surface area contributed by atoms with Gasteiger partial charge in [0, 0.05) is 6.54 Å². The van der Waals surface area contributed by atoms with E-state index >= 15 is 0 Å². The van der Waals surface area contributed by atoms with Crippen LogP contribution in [0, 0.1) is 11.6 Å². The van der Waals surface area contributed by atoms with Gasteiger partial charge < -0.3 is 10.4 Å². The molecule has 0 heterocycles. The lowest BCUT2D eigenvalue weighted by atomic mass is 10.0. The summed E-state index contributed by atoms with van der Waals surface area (Å²) in [5, 5.41) is 12.3. The van der Waals surface area contributed by atoms with Crippen molar-refractivity contribution in [2.24, 2.45) is 0 Å². The zero-order valence-electron chi connectivity index (χ0n) is 8.85. The van der Waals surface area contributed by atoms with E-state index in [1.807, 2.05) is 6.92 Å². The van der Waals surface area contributed by atoms with Crippen molar-refractivity contribution in [2.45, 2.75) is 25.9 Å². The standard InChI is InChI=1S/C11H15F2NO/c1-3-11(2,15)7-14-9-6-4-5-8(12)10(9)13/h4-6,14-15H,3,7H2,1-2H3. The van der Waals surface area contributed by atoms with Crippen LogP contribution in [-0.4, -0.2) is 17.3 Å². The Balaban J connectivity index is 2.70. The smallest absolute Gasteiger partial charge is 0.181 e. The van der Waals surface area contributed by atoms with Crippen LogP contribution in [0.5, 0.6) is 0 Å². The summed E-state index contributed by atoms with van der Waals surface area (Å²) in [7, 11) is 0. The van der Waals surface area contributed by atoms with Crippen molar-refractivity contribution in [2.75, 3.05) is 11.9 Å². The monoisotopic (exact) mass is 215 g/mol. The Bertz CT molecular complexity index is 339. The molecule has 15 heavy (non-hydrogen) atoms. The van der Waals surface area contributed by atoms with Crippen LogP contribution in [0.3, 0.4) is 0 Å². The normalized spacial score (nSPS) is 14.7. The number of nitrogens with one attached hydrogen (secondary N) is 1. The summed E-state index contributed by atoms with van der Waals surface area (Å²) >= 11 is 0. The van der Waals surface area contributed by atoms with E-state index in [0.717, 1.165) is 6.07 Å². The van der Waals surface area contributed by atoms with Crippen molar-refractivity contribution in [1.82, 2.24) is 0 Å². The first-order valence-electron chi connectivity index (χ1n) is 4.86. The largest absolute Gasteiger partial charge is 0.388 e. The van der Waals surface area contributed by atoms with Crippen molar-refractivity contribution in [3.05, 3.63) is 29.8 Å². The molecule has 1 atom stereocenters. The van der Waals surface area contributed by atoms with Crippen LogP contribution in [0.1, 0.15) is 20.3 Å². The van der Waals surface area contributed by atoms with E-state index in [1.165, 1.54) is 12.1 Å². The molecule has 84 valence electrons. The van der Waals surface area contributed by atoms with E-state index in [2.05, 4.69) is 5.32 Å². The number of halogens is 2. The van der Waals surface area contributed by atoms with Gasteiger partial charge in [-0.1, -0.05) is 13.0 Å². The van der Waals surface area contributed by atoms with E-state index in [9.17, 15) is 13.9 Å². The molecule has 0 aromatic heterocycles. The first-order chi connectivity index (χ1) is 6.96. The van der Waals surface area contributed by atoms with Gasteiger partial charge in [0.25, 0.3) is 0 Å². The van der Waals surface area contributed by atoms with Gasteiger partial charge in [0.1, 0.15) is 0 Å². The Morgan fingerprint density at radius 1 is 1.40 bits per heavy atom. The Morgan fingerprint density at radius 3 is 2.67 bits per heavy atom. The molecule has 0 amide bonds. The van der Waals surface area contributed by atoms with Crippen LogP contribution in [0.15, 0.2) is 18.2 Å². The second-order valence-corrected chi connectivity index (χ2v) is 3.81. The van der Waals surface area contributed by atoms with Crippen LogP contribution in [0.25, 0.3) is 0 Å². The first-order valence-corrected chi connectivity index (χ1v) is 4.86. The molecular weight excluding hydrogens is 200 g/mol. The Hall–Kier alpha value is -1.16. The van der Waals surface area contributed by atoms with Crippen molar-refractivity contribution in [3.63, 3.8) is 0 Å². The predicted molar refractivity (Wildman–Crippen MR) is 55.8 cm³/mol. The molecule has 1 rings (SSSR count). The van der Waals surface area contributed by atoms with E-state index in [-0.39, 0.29) is 12.2 Å². The lowest BCUT2D eigenvalue weighted by Gasteiger charge is -2.22. The number of hydrogen-bond acceptors (Lipinski definition) is 2. The summed E-state index contributed by atoms with van der Waals surface area (Å²) in [6.07, 6.45) is 0.539. The third-order valence-corrected chi connectivity index (χ3v) is 2.37. The van der Waals surface area contributed by atoms with Gasteiger partial charge in [-0.15, -0.1) is 0 Å². The minimum Gasteiger partial charge on any atom is -0.388 e. The number of aliphatic hydroxyl groups is 1. The van der Waals surface area contributed by atoms with Crippen molar-refractivity contribution >= 4 is 5.69 Å². The summed E-state index contributed by atoms with van der Waals surface area (Å²) in [6.45, 7) is 3.64. The van der Waals surface area contributed by atoms with Crippen LogP contribution >= 0.6 is 0 Å². The number of benzene rings is 1. The zero-order valence-corrected chi connectivity index (χ0v) is 8.85. The van der Waals surface area contributed by atoms with Gasteiger partial charge in [-0.3, -0.25) is 0 Å². The molecule has 0 radical (unpaired) electrons. The fourth-order valence-corrected chi connectivity index (χ4v) is 1.05. The van der Waals surface area contributed by atoms with Gasteiger partial charge in [-0.2, -0.15) is 0 Å². The van der Waals surface area contributed by atoms with Crippen molar-refractivity contribution < 1.29 is 13.9 Å². The van der Waals surface area contributed by atoms with Crippen LogP contribution in [0.4, 0.5) is 14.5 Å². The summed E-state index contributed by atoms with van der Waals surface area (Å²) < 4.78 is 26.0. The van der Waals surface area contributed by atoms with Crippen molar-refractivity contribution in [1.29, 1.82) is 0 Å². The lowest BCUT2D eigenvalue weighted by Crippen LogP contribution is -2.32. The average Bonchev–Trinajstić information content (AvgIpc) is 2.20. The molecular formula is C11H15F2NO. The molecule has 0 aliphatic carbocycles. The van der Waals surface area contributed by atoms with Crippen LogP contribution < -0.4 is 5.32 Å². The van der Waals surface area contributed by atoms with E-state index in [1.54, 1.807) is 6.92 Å². The van der Waals surface area contributed by atoms with Gasteiger partial charge in [0.2, 0.25) is 0 Å². The molecule has 2 nitrogen and oxygen atoms in total. The topological polar surface area (TPSA) is 32.3 Å². The number of hydrogen-bond donors (Lipinski definition) is 2. The highest BCUT2D eigenvalue weighted by Gasteiger charge is 2.18. The molecule has 1 aromatic rings. The summed E-state index contributed by atoms with van der Waals surface area (Å²) in [4.78, 5) is 0. The molecule has 4 heteroatoms. The molecule has 0 fully saturated rings. The third kappa shape index (κ3) is 3.16. The fraction of sp³-hybridized carbons (Fsp3) is 0.455. The molecule has 0 aliphatic heterocycles. The summed E-state index contributed by atoms with van der Waals surface area (Å²) in [5.74, 6) is -1.81. The van der Waals surface area contributed by atoms with Crippen LogP contribution in [-0.2, 0) is 0 Å². The second-order valence-electron chi connectivity index (χ2n) is 3.81. The van der Waals surface area contributed by atoms with Gasteiger partial charge in [0.15, 0.2) is 11.6 Å². The highest BCUT2D eigenvalue weighted by Crippen LogP contribution is 2.18. The predicted octanol–water partition coefficient (Wildman–Crippen LogP) is 2.54. The minimum absolute atomic E-state index is 0.0729. The van der Waals surface area contributed by atoms with E-state index in [0.29, 0.717) is 6.42 Å². The molecule has 0 spiro atoms. The zero-order chi connectivity index (χ0) is 11.5. The van der Waals surface area contributed by atoms with Crippen LogP contribution in [0.2, 0.25) is 0 Å². The minimum atomic E-state index is -0.918. The Kier molecular flexibility index (Phi) is 3.63. The van der Waals surface area contributed by atoms with E-state index < -0.39 is 17.2 Å². The molecule has 1 unspecified atom stereocenters. The molecule has 0 bridgehead atoms. The number of rotatable bonds is 4. The fourth-order valence-electron chi connectivity index (χ4n) is 1.05. The Labute approximate surface area is 87.9 Å². The third-order valence-electron chi connectivity index (χ3n) is 2.37.